The number of aromatic amines is 1. The monoisotopic (exact) mass is 458 g/mol. The van der Waals surface area contributed by atoms with Crippen LogP contribution in [-0.2, 0) is 12.1 Å². The van der Waals surface area contributed by atoms with Gasteiger partial charge >= 0.3 is 0 Å². The number of nitrogens with zero attached hydrogens (tertiary/aromatic N) is 2. The number of methoxy groups -OCH3 is 1. The zero-order chi connectivity index (χ0) is 23.5. The Labute approximate surface area is 201 Å². The van der Waals surface area contributed by atoms with Crippen LogP contribution in [0.2, 0.25) is 0 Å². The van der Waals surface area contributed by atoms with Gasteiger partial charge in [0.2, 0.25) is 0 Å². The number of hydrogen-bond donors (Lipinski definition) is 4. The molecule has 0 aliphatic carbocycles. The predicted molar refractivity (Wildman–Crippen MR) is 138 cm³/mol. The van der Waals surface area contributed by atoms with Gasteiger partial charge in [0, 0.05) is 42.8 Å². The summed E-state index contributed by atoms with van der Waals surface area (Å²) >= 11 is 0. The number of likely N-dealkylation sites (tertiary alicyclic amines) is 1. The van der Waals surface area contributed by atoms with Crippen molar-refractivity contribution in [3.05, 3.63) is 77.2 Å². The van der Waals surface area contributed by atoms with E-state index >= 15 is 0 Å². The maximum atomic E-state index is 6.94. The summed E-state index contributed by atoms with van der Waals surface area (Å²) in [7, 11) is 1.69. The summed E-state index contributed by atoms with van der Waals surface area (Å²) in [6.07, 6.45) is 8.66. The molecule has 1 saturated heterocycles. The van der Waals surface area contributed by atoms with Crippen LogP contribution in [0, 0.1) is 6.92 Å². The maximum Gasteiger partial charge on any atom is 0.198 e. The Hall–Kier alpha value is -3.45. The van der Waals surface area contributed by atoms with E-state index in [4.69, 9.17) is 15.5 Å². The summed E-state index contributed by atoms with van der Waals surface area (Å²) in [5, 5.41) is 8.14. The molecule has 0 saturated carbocycles. The van der Waals surface area contributed by atoms with Crippen LogP contribution >= 0.6 is 0 Å². The molecule has 7 heteroatoms. The Balaban J connectivity index is 1.38. The van der Waals surface area contributed by atoms with Crippen molar-refractivity contribution < 1.29 is 4.74 Å². The van der Waals surface area contributed by atoms with Crippen LogP contribution in [0.15, 0.2) is 65.6 Å². The van der Waals surface area contributed by atoms with Crippen LogP contribution in [0.25, 0.3) is 10.9 Å². The standard InChI is InChI=1S/C27H34N6O/c1-19-6-8-21(9-7-19)27(28)17-25(33-14-4-3-5-15-33)31-26(32-27)29-13-12-20-18-30-24-11-10-22(34-2)16-23(20)24/h6-11,16-18,30H,3-5,12-15,28H2,1-2H3,(H2,29,31,32). The molecule has 178 valence electrons. The molecule has 2 aliphatic rings. The summed E-state index contributed by atoms with van der Waals surface area (Å²) < 4.78 is 5.40. The number of aryl methyl sites for hydroxylation is 1. The summed E-state index contributed by atoms with van der Waals surface area (Å²) in [4.78, 5) is 10.6. The van der Waals surface area contributed by atoms with E-state index in [1.165, 1.54) is 35.8 Å². The van der Waals surface area contributed by atoms with Crippen LogP contribution in [0.5, 0.6) is 5.75 Å². The predicted octanol–water partition coefficient (Wildman–Crippen LogP) is 3.72. The zero-order valence-corrected chi connectivity index (χ0v) is 20.0. The molecule has 3 heterocycles. The number of benzene rings is 2. The molecule has 5 rings (SSSR count). The Morgan fingerprint density at radius 3 is 2.65 bits per heavy atom. The number of H-pyrrole nitrogens is 1. The van der Waals surface area contributed by atoms with Crippen molar-refractivity contribution in [2.24, 2.45) is 10.7 Å². The number of ether oxygens (including phenoxy) is 1. The van der Waals surface area contributed by atoms with Crippen LogP contribution in [0.1, 0.15) is 36.0 Å². The highest BCUT2D eigenvalue weighted by atomic mass is 16.5. The molecule has 0 spiro atoms. The van der Waals surface area contributed by atoms with Gasteiger partial charge in [-0.25, -0.2) is 0 Å². The Morgan fingerprint density at radius 1 is 1.09 bits per heavy atom. The molecule has 3 aromatic rings. The third-order valence-electron chi connectivity index (χ3n) is 6.79. The van der Waals surface area contributed by atoms with E-state index in [9.17, 15) is 0 Å². The molecular formula is C27H34N6O. The van der Waals surface area contributed by atoms with Crippen LogP contribution in [0.4, 0.5) is 0 Å². The number of guanidine groups is 1. The molecule has 34 heavy (non-hydrogen) atoms. The van der Waals surface area contributed by atoms with Crippen LogP contribution in [-0.4, -0.2) is 42.6 Å². The number of aliphatic imine (C=N–C) groups is 1. The van der Waals surface area contributed by atoms with E-state index < -0.39 is 5.66 Å². The van der Waals surface area contributed by atoms with Gasteiger partial charge in [-0.15, -0.1) is 0 Å². The average Bonchev–Trinajstić information content (AvgIpc) is 3.26. The molecule has 7 nitrogen and oxygen atoms in total. The second-order valence-corrected chi connectivity index (χ2v) is 9.27. The van der Waals surface area contributed by atoms with Crippen molar-refractivity contribution in [2.75, 3.05) is 26.7 Å². The molecule has 0 bridgehead atoms. The molecule has 1 aromatic heterocycles. The van der Waals surface area contributed by atoms with Crippen molar-refractivity contribution in [1.29, 1.82) is 0 Å². The molecular weight excluding hydrogens is 424 g/mol. The largest absolute Gasteiger partial charge is 0.497 e. The lowest BCUT2D eigenvalue weighted by molar-refractivity contribution is 0.265. The van der Waals surface area contributed by atoms with Gasteiger partial charge < -0.3 is 31.0 Å². The highest BCUT2D eigenvalue weighted by molar-refractivity contribution is 5.85. The van der Waals surface area contributed by atoms with E-state index in [1.54, 1.807) is 7.11 Å². The van der Waals surface area contributed by atoms with Gasteiger partial charge in [-0.05, 0) is 61.9 Å². The number of rotatable bonds is 6. The minimum absolute atomic E-state index is 0.636. The van der Waals surface area contributed by atoms with E-state index in [1.807, 2.05) is 12.1 Å². The normalized spacial score (nSPS) is 21.8. The summed E-state index contributed by atoms with van der Waals surface area (Å²) in [5.74, 6) is 2.61. The Bertz CT molecular complexity index is 1210. The minimum Gasteiger partial charge on any atom is -0.497 e. The lowest BCUT2D eigenvalue weighted by Gasteiger charge is -2.40. The summed E-state index contributed by atoms with van der Waals surface area (Å²) in [6, 6.07) is 14.5. The highest BCUT2D eigenvalue weighted by Crippen LogP contribution is 2.26. The maximum absolute atomic E-state index is 6.94. The summed E-state index contributed by atoms with van der Waals surface area (Å²) in [5.41, 5.74) is 10.7. The fourth-order valence-electron chi connectivity index (χ4n) is 4.78. The third-order valence-corrected chi connectivity index (χ3v) is 6.79. The van der Waals surface area contributed by atoms with Crippen molar-refractivity contribution in [3.8, 4) is 5.75 Å². The lowest BCUT2D eigenvalue weighted by atomic mass is 9.97. The molecule has 1 atom stereocenters. The van der Waals surface area contributed by atoms with Gasteiger partial charge in [0.25, 0.3) is 0 Å². The van der Waals surface area contributed by atoms with Crippen molar-refractivity contribution in [2.45, 2.75) is 38.3 Å². The smallest absolute Gasteiger partial charge is 0.198 e. The topological polar surface area (TPSA) is 90.7 Å². The molecule has 5 N–H and O–H groups in total. The number of nitrogens with one attached hydrogen (secondary N) is 3. The molecule has 2 aromatic carbocycles. The van der Waals surface area contributed by atoms with Crippen molar-refractivity contribution >= 4 is 16.9 Å². The van der Waals surface area contributed by atoms with E-state index in [-0.39, 0.29) is 0 Å². The number of hydrogen-bond acceptors (Lipinski definition) is 4. The number of nitrogens with two attached hydrogens (primary N) is 1. The summed E-state index contributed by atoms with van der Waals surface area (Å²) in [6.45, 7) is 4.79. The van der Waals surface area contributed by atoms with Crippen LogP contribution < -0.4 is 21.1 Å². The number of piperidine rings is 1. The first kappa shape index (κ1) is 22.3. The number of fused-ring (bicyclic) bond motifs is 1. The first-order valence-corrected chi connectivity index (χ1v) is 12.1. The Morgan fingerprint density at radius 2 is 1.88 bits per heavy atom. The van der Waals surface area contributed by atoms with E-state index in [0.717, 1.165) is 42.2 Å². The van der Waals surface area contributed by atoms with Crippen molar-refractivity contribution in [1.82, 2.24) is 20.5 Å². The van der Waals surface area contributed by atoms with Gasteiger partial charge in [-0.3, -0.25) is 4.99 Å². The quantitative estimate of drug-likeness (QED) is 0.452. The molecule has 0 amide bonds. The van der Waals surface area contributed by atoms with Gasteiger partial charge in [-0.2, -0.15) is 0 Å². The highest BCUT2D eigenvalue weighted by Gasteiger charge is 2.33. The SMILES string of the molecule is COc1ccc2[nH]cc(CCN=C3NC(N4CCCCC4)=CC(N)(c4ccc(C)cc4)N3)c2c1. The third kappa shape index (κ3) is 4.61. The average molecular weight is 459 g/mol. The molecule has 2 aliphatic heterocycles. The van der Waals surface area contributed by atoms with Crippen molar-refractivity contribution in [3.63, 3.8) is 0 Å². The first-order valence-electron chi connectivity index (χ1n) is 12.1. The lowest BCUT2D eigenvalue weighted by Crippen LogP contribution is -2.61. The number of aromatic nitrogens is 1. The first-order chi connectivity index (χ1) is 16.5. The van der Waals surface area contributed by atoms with Gasteiger partial charge in [-0.1, -0.05) is 29.8 Å². The van der Waals surface area contributed by atoms with Gasteiger partial charge in [0.1, 0.15) is 17.2 Å². The second-order valence-electron chi connectivity index (χ2n) is 9.27. The zero-order valence-electron chi connectivity index (χ0n) is 20.0. The molecule has 1 fully saturated rings. The van der Waals surface area contributed by atoms with E-state index in [2.05, 4.69) is 70.0 Å². The van der Waals surface area contributed by atoms with Gasteiger partial charge in [0.05, 0.1) is 7.11 Å². The van der Waals surface area contributed by atoms with Crippen LogP contribution in [0.3, 0.4) is 0 Å². The Kier molecular flexibility index (Phi) is 6.20. The molecule has 1 unspecified atom stereocenters. The molecule has 0 radical (unpaired) electrons. The fraction of sp³-hybridized carbons (Fsp3) is 0.370. The van der Waals surface area contributed by atoms with Gasteiger partial charge in [0.15, 0.2) is 5.96 Å². The minimum atomic E-state index is -0.821. The fourth-order valence-corrected chi connectivity index (χ4v) is 4.78. The second kappa shape index (κ2) is 9.43. The van der Waals surface area contributed by atoms with E-state index in [0.29, 0.717) is 12.5 Å².